The van der Waals surface area contributed by atoms with Gasteiger partial charge >= 0.3 is 0 Å². The third-order valence-corrected chi connectivity index (χ3v) is 8.25. The number of ketones is 4. The van der Waals surface area contributed by atoms with Crippen molar-refractivity contribution >= 4 is 28.7 Å². The largest absolute Gasteiger partial charge is 0.300 e. The molecule has 0 radical (unpaired) electrons. The second-order valence-electron chi connectivity index (χ2n) is 12.0. The van der Waals surface area contributed by atoms with Gasteiger partial charge in [-0.1, -0.05) is 95.5 Å². The summed E-state index contributed by atoms with van der Waals surface area (Å²) in [6.07, 6.45) is 19.3. The van der Waals surface area contributed by atoms with Gasteiger partial charge in [0.25, 0.3) is 0 Å². The van der Waals surface area contributed by atoms with E-state index in [1.165, 1.54) is 13.3 Å². The molecule has 4 heteroatoms. The zero-order valence-electron chi connectivity index (χ0n) is 27.1. The monoisotopic (exact) mass is 572 g/mol. The second-order valence-corrected chi connectivity index (χ2v) is 12.0. The first kappa shape index (κ1) is 35.1. The van der Waals surface area contributed by atoms with E-state index < -0.39 is 0 Å². The zero-order valence-corrected chi connectivity index (χ0v) is 27.1. The fraction of sp³-hybridized carbons (Fsp3) is 0.526. The minimum atomic E-state index is -0.142. The predicted molar refractivity (Wildman–Crippen MR) is 175 cm³/mol. The Kier molecular flexibility index (Phi) is 14.8. The van der Waals surface area contributed by atoms with Crippen LogP contribution in [0, 0.1) is 24.7 Å². The summed E-state index contributed by atoms with van der Waals surface area (Å²) >= 11 is 0. The molecule has 3 rings (SSSR count). The fourth-order valence-corrected chi connectivity index (χ4v) is 6.39. The lowest BCUT2D eigenvalue weighted by Crippen LogP contribution is -2.30. The minimum Gasteiger partial charge on any atom is -0.300 e. The minimum absolute atomic E-state index is 0.00112. The molecule has 0 fully saturated rings. The molecule has 0 saturated carbocycles. The normalized spacial score (nSPS) is 22.1. The standard InChI is InChI=1S/C35H44O4.C3H8/c1-6-12-29(30(7-2)33(38)19-24(4)36)20-26-21-32-31(18-15-23(3)35(32)34(39)22-26)28-14-11-9-8-10-13-27(16-17-28)25(5)37;1-3-2/h8-11,15-18,26,29-30H,6-7,12-14,19-22H2,1-5H3;3H2,1-2H3/b10-8-,11-9-,27-16+,28-17+;. The maximum absolute atomic E-state index is 13.6. The first-order valence-electron chi connectivity index (χ1n) is 16.0. The molecule has 2 aliphatic carbocycles. The summed E-state index contributed by atoms with van der Waals surface area (Å²) in [5, 5.41) is 0. The van der Waals surface area contributed by atoms with Gasteiger partial charge in [0.1, 0.15) is 11.6 Å². The highest BCUT2D eigenvalue weighted by Crippen LogP contribution is 2.39. The van der Waals surface area contributed by atoms with E-state index in [1.54, 1.807) is 6.92 Å². The Hall–Kier alpha value is -3.14. The smallest absolute Gasteiger partial charge is 0.163 e. The molecule has 0 heterocycles. The molecule has 42 heavy (non-hydrogen) atoms. The number of carbonyl (C=O) groups is 4. The van der Waals surface area contributed by atoms with Gasteiger partial charge in [-0.15, -0.1) is 0 Å². The van der Waals surface area contributed by atoms with Gasteiger partial charge in [0.15, 0.2) is 11.6 Å². The first-order chi connectivity index (χ1) is 20.1. The SMILES string of the molecule is CCC.CCCC(CC1CC(=O)c2c(C)ccc(/C3=C/C=C(/C(C)=O)C/C=C\C=C/C3)c2C1)C(CC)C(=O)CC(C)=O. The molecule has 3 unspecified atom stereocenters. The summed E-state index contributed by atoms with van der Waals surface area (Å²) in [6, 6.07) is 4.17. The molecule has 228 valence electrons. The van der Waals surface area contributed by atoms with Crippen LogP contribution >= 0.6 is 0 Å². The maximum Gasteiger partial charge on any atom is 0.163 e. The van der Waals surface area contributed by atoms with Crippen LogP contribution in [0.25, 0.3) is 5.57 Å². The van der Waals surface area contributed by atoms with Crippen LogP contribution in [-0.2, 0) is 20.8 Å². The first-order valence-corrected chi connectivity index (χ1v) is 16.0. The molecule has 1 aromatic rings. The third kappa shape index (κ3) is 10.00. The van der Waals surface area contributed by atoms with Crippen molar-refractivity contribution in [2.75, 3.05) is 0 Å². The molecule has 0 aliphatic heterocycles. The molecule has 1 aromatic carbocycles. The van der Waals surface area contributed by atoms with Crippen molar-refractivity contribution in [2.45, 2.75) is 113 Å². The van der Waals surface area contributed by atoms with E-state index in [2.05, 4.69) is 32.9 Å². The maximum atomic E-state index is 13.6. The quantitative estimate of drug-likeness (QED) is 0.248. The Morgan fingerprint density at radius 1 is 0.929 bits per heavy atom. The fourth-order valence-electron chi connectivity index (χ4n) is 6.39. The van der Waals surface area contributed by atoms with Crippen molar-refractivity contribution in [2.24, 2.45) is 17.8 Å². The topological polar surface area (TPSA) is 68.3 Å². The summed E-state index contributed by atoms with van der Waals surface area (Å²) < 4.78 is 0. The summed E-state index contributed by atoms with van der Waals surface area (Å²) in [6.45, 7) is 13.5. The number of hydrogen-bond acceptors (Lipinski definition) is 4. The Morgan fingerprint density at radius 2 is 1.60 bits per heavy atom. The number of aryl methyl sites for hydroxylation is 1. The second kappa shape index (κ2) is 17.7. The summed E-state index contributed by atoms with van der Waals surface area (Å²) in [5.41, 5.74) is 5.88. The van der Waals surface area contributed by atoms with Crippen LogP contribution in [0.4, 0.5) is 0 Å². The lowest BCUT2D eigenvalue weighted by Gasteiger charge is -2.33. The summed E-state index contributed by atoms with van der Waals surface area (Å²) in [5.74, 6) is 0.387. The van der Waals surface area contributed by atoms with Crippen LogP contribution < -0.4 is 0 Å². The molecule has 0 saturated heterocycles. The number of fused-ring (bicyclic) bond motifs is 1. The number of hydrogen-bond donors (Lipinski definition) is 0. The lowest BCUT2D eigenvalue weighted by molar-refractivity contribution is -0.130. The van der Waals surface area contributed by atoms with Gasteiger partial charge < -0.3 is 0 Å². The van der Waals surface area contributed by atoms with Crippen molar-refractivity contribution < 1.29 is 19.2 Å². The van der Waals surface area contributed by atoms with Crippen LogP contribution in [0.15, 0.2) is 54.2 Å². The molecule has 0 bridgehead atoms. The van der Waals surface area contributed by atoms with E-state index in [0.717, 1.165) is 65.5 Å². The molecule has 0 spiro atoms. The summed E-state index contributed by atoms with van der Waals surface area (Å²) in [7, 11) is 0. The highest BCUT2D eigenvalue weighted by atomic mass is 16.1. The number of rotatable bonds is 11. The molecular weight excluding hydrogens is 520 g/mol. The van der Waals surface area contributed by atoms with Gasteiger partial charge in [0, 0.05) is 17.9 Å². The van der Waals surface area contributed by atoms with E-state index in [9.17, 15) is 19.2 Å². The Balaban J connectivity index is 0.00000197. The summed E-state index contributed by atoms with van der Waals surface area (Å²) in [4.78, 5) is 50.4. The van der Waals surface area contributed by atoms with Crippen LogP contribution in [0.3, 0.4) is 0 Å². The molecular formula is C38H52O4. The van der Waals surface area contributed by atoms with E-state index in [4.69, 9.17) is 0 Å². The molecule has 2 aliphatic rings. The zero-order chi connectivity index (χ0) is 31.2. The Bertz CT molecular complexity index is 1240. The Labute approximate surface area is 254 Å². The van der Waals surface area contributed by atoms with Crippen LogP contribution in [0.2, 0.25) is 0 Å². The van der Waals surface area contributed by atoms with Crippen LogP contribution in [0.5, 0.6) is 0 Å². The van der Waals surface area contributed by atoms with Gasteiger partial charge in [-0.3, -0.25) is 19.2 Å². The van der Waals surface area contributed by atoms with E-state index in [-0.39, 0.29) is 47.3 Å². The highest BCUT2D eigenvalue weighted by molar-refractivity contribution is 6.02. The molecule has 4 nitrogen and oxygen atoms in total. The molecule has 3 atom stereocenters. The van der Waals surface area contributed by atoms with Crippen molar-refractivity contribution in [3.8, 4) is 0 Å². The van der Waals surface area contributed by atoms with E-state index in [1.807, 2.05) is 50.3 Å². The van der Waals surface area contributed by atoms with Crippen LogP contribution in [-0.4, -0.2) is 23.1 Å². The average molecular weight is 573 g/mol. The van der Waals surface area contributed by atoms with E-state index >= 15 is 0 Å². The predicted octanol–water partition coefficient (Wildman–Crippen LogP) is 9.34. The average Bonchev–Trinajstić information content (AvgIpc) is 2.92. The van der Waals surface area contributed by atoms with Gasteiger partial charge in [-0.05, 0) is 92.5 Å². The number of benzene rings is 1. The van der Waals surface area contributed by atoms with Crippen molar-refractivity contribution in [1.29, 1.82) is 0 Å². The van der Waals surface area contributed by atoms with Crippen molar-refractivity contribution in [1.82, 2.24) is 0 Å². The van der Waals surface area contributed by atoms with E-state index in [0.29, 0.717) is 19.3 Å². The third-order valence-electron chi connectivity index (χ3n) is 8.25. The van der Waals surface area contributed by atoms with Gasteiger partial charge in [0.2, 0.25) is 0 Å². The molecule has 0 aromatic heterocycles. The molecule has 0 amide bonds. The lowest BCUT2D eigenvalue weighted by atomic mass is 9.71. The number of Topliss-reactive ketones (excluding diaryl/α,β-unsaturated/α-hetero) is 4. The highest BCUT2D eigenvalue weighted by Gasteiger charge is 2.34. The number of allylic oxidation sites excluding steroid dienone is 8. The Morgan fingerprint density at radius 3 is 2.19 bits per heavy atom. The van der Waals surface area contributed by atoms with Gasteiger partial charge in [-0.2, -0.15) is 0 Å². The van der Waals surface area contributed by atoms with Gasteiger partial charge in [-0.25, -0.2) is 0 Å². The van der Waals surface area contributed by atoms with Gasteiger partial charge in [0.05, 0.1) is 6.42 Å². The number of carbonyl (C=O) groups excluding carboxylic acids is 4. The van der Waals surface area contributed by atoms with Crippen LogP contribution in [0.1, 0.15) is 126 Å². The van der Waals surface area contributed by atoms with Crippen molar-refractivity contribution in [3.63, 3.8) is 0 Å². The van der Waals surface area contributed by atoms with Crippen molar-refractivity contribution in [3.05, 3.63) is 76.4 Å². The molecule has 0 N–H and O–H groups in total.